The predicted octanol–water partition coefficient (Wildman–Crippen LogP) is 1.86. The Morgan fingerprint density at radius 2 is 1.94 bits per heavy atom. The average molecular weight is 473 g/mol. The molecule has 0 aliphatic carbocycles. The van der Waals surface area contributed by atoms with Crippen LogP contribution in [0, 0.1) is 11.8 Å². The van der Waals surface area contributed by atoms with Gasteiger partial charge < -0.3 is 9.32 Å². The second-order valence-corrected chi connectivity index (χ2v) is 10.5. The van der Waals surface area contributed by atoms with Gasteiger partial charge in [0, 0.05) is 6.54 Å². The summed E-state index contributed by atoms with van der Waals surface area (Å²) in [4.78, 5) is 34.2. The molecule has 11 heteroatoms. The number of carbonyl (C=O) groups excluding carboxylic acids is 2. The number of oxazole rings is 1. The van der Waals surface area contributed by atoms with E-state index in [9.17, 15) is 18.0 Å². The summed E-state index contributed by atoms with van der Waals surface area (Å²) in [7, 11) is -3.76. The second kappa shape index (κ2) is 8.91. The van der Waals surface area contributed by atoms with Crippen molar-refractivity contribution in [3.8, 4) is 0 Å². The van der Waals surface area contributed by atoms with Gasteiger partial charge >= 0.3 is 0 Å². The largest absolute Gasteiger partial charge is 0.447 e. The summed E-state index contributed by atoms with van der Waals surface area (Å²) in [6.45, 7) is 6.50. The van der Waals surface area contributed by atoms with Crippen molar-refractivity contribution in [3.05, 3.63) is 29.6 Å². The Morgan fingerprint density at radius 3 is 2.55 bits per heavy atom. The summed E-state index contributed by atoms with van der Waals surface area (Å²) in [6, 6.07) is -0.609. The highest BCUT2D eigenvalue weighted by molar-refractivity contribution is 7.89. The molecular weight excluding hydrogens is 444 g/mol. The van der Waals surface area contributed by atoms with Gasteiger partial charge in [-0.05, 0) is 37.9 Å². The van der Waals surface area contributed by atoms with E-state index in [1.807, 2.05) is 13.8 Å². The minimum Gasteiger partial charge on any atom is -0.447 e. The van der Waals surface area contributed by atoms with Gasteiger partial charge in [0.2, 0.25) is 21.8 Å². The SMILES string of the molecule is CC(C)[C@@H]1C(=O)N(S(C)(=O)=O)C2=CCN(C(=O)c3coc(CN4CCCCC4)n3)[C@H]21.Cl. The molecule has 0 bridgehead atoms. The third-order valence-electron chi connectivity index (χ3n) is 6.09. The average Bonchev–Trinajstić information content (AvgIpc) is 3.35. The van der Waals surface area contributed by atoms with E-state index in [4.69, 9.17) is 4.42 Å². The molecule has 9 nitrogen and oxygen atoms in total. The Bertz CT molecular complexity index is 983. The summed E-state index contributed by atoms with van der Waals surface area (Å²) in [5.41, 5.74) is 0.552. The van der Waals surface area contributed by atoms with E-state index in [0.717, 1.165) is 36.5 Å². The minimum absolute atomic E-state index is 0. The highest BCUT2D eigenvalue weighted by atomic mass is 35.5. The maximum atomic E-state index is 13.2. The summed E-state index contributed by atoms with van der Waals surface area (Å²) in [5.74, 6) is -1.08. The van der Waals surface area contributed by atoms with Crippen LogP contribution in [-0.2, 0) is 21.4 Å². The van der Waals surface area contributed by atoms with Crippen LogP contribution in [0.5, 0.6) is 0 Å². The van der Waals surface area contributed by atoms with Gasteiger partial charge in [-0.3, -0.25) is 14.5 Å². The number of halogens is 1. The zero-order valence-corrected chi connectivity index (χ0v) is 19.6. The van der Waals surface area contributed by atoms with Gasteiger partial charge in [-0.2, -0.15) is 0 Å². The number of carbonyl (C=O) groups is 2. The summed E-state index contributed by atoms with van der Waals surface area (Å²) >= 11 is 0. The predicted molar refractivity (Wildman–Crippen MR) is 116 cm³/mol. The van der Waals surface area contributed by atoms with Crippen molar-refractivity contribution in [1.82, 2.24) is 19.1 Å². The molecule has 0 aromatic carbocycles. The van der Waals surface area contributed by atoms with E-state index in [1.54, 1.807) is 6.08 Å². The van der Waals surface area contributed by atoms with Crippen LogP contribution in [0.25, 0.3) is 0 Å². The molecule has 2 saturated heterocycles. The van der Waals surface area contributed by atoms with Crippen LogP contribution in [0.1, 0.15) is 49.5 Å². The van der Waals surface area contributed by atoms with Gasteiger partial charge in [0.1, 0.15) is 6.26 Å². The molecule has 172 valence electrons. The third-order valence-corrected chi connectivity index (χ3v) is 7.14. The Hall–Kier alpha value is -1.91. The van der Waals surface area contributed by atoms with E-state index in [2.05, 4.69) is 9.88 Å². The second-order valence-electron chi connectivity index (χ2n) is 8.63. The molecule has 1 aromatic rings. The molecule has 2 amide bonds. The zero-order chi connectivity index (χ0) is 21.6. The lowest BCUT2D eigenvalue weighted by atomic mass is 9.89. The molecular formula is C20H29ClN4O5S. The molecule has 0 N–H and O–H groups in total. The maximum absolute atomic E-state index is 13.2. The van der Waals surface area contributed by atoms with Crippen molar-refractivity contribution in [2.75, 3.05) is 25.9 Å². The first-order valence-electron chi connectivity index (χ1n) is 10.4. The summed E-state index contributed by atoms with van der Waals surface area (Å²) in [5, 5.41) is 0. The fraction of sp³-hybridized carbons (Fsp3) is 0.650. The van der Waals surface area contributed by atoms with Gasteiger partial charge in [-0.25, -0.2) is 17.7 Å². The number of hydrogen-bond donors (Lipinski definition) is 0. The number of aromatic nitrogens is 1. The highest BCUT2D eigenvalue weighted by Crippen LogP contribution is 2.41. The van der Waals surface area contributed by atoms with Crippen molar-refractivity contribution in [1.29, 1.82) is 0 Å². The number of likely N-dealkylation sites (tertiary alicyclic amines) is 1. The van der Waals surface area contributed by atoms with Crippen LogP contribution in [0.4, 0.5) is 0 Å². The molecule has 2 atom stereocenters. The Kier molecular flexibility index (Phi) is 6.83. The summed E-state index contributed by atoms with van der Waals surface area (Å²) < 4.78 is 30.8. The smallest absolute Gasteiger partial charge is 0.276 e. The van der Waals surface area contributed by atoms with E-state index in [1.165, 1.54) is 17.6 Å². The molecule has 2 fully saturated rings. The lowest BCUT2D eigenvalue weighted by molar-refractivity contribution is -0.128. The van der Waals surface area contributed by atoms with Crippen LogP contribution in [0.3, 0.4) is 0 Å². The minimum atomic E-state index is -3.76. The number of amides is 2. The fourth-order valence-electron chi connectivity index (χ4n) is 4.72. The Morgan fingerprint density at radius 1 is 1.26 bits per heavy atom. The lowest BCUT2D eigenvalue weighted by Gasteiger charge is -2.28. The van der Waals surface area contributed by atoms with Crippen molar-refractivity contribution in [2.24, 2.45) is 11.8 Å². The number of rotatable bonds is 5. The van der Waals surface area contributed by atoms with E-state index in [0.29, 0.717) is 18.1 Å². The number of piperidine rings is 1. The van der Waals surface area contributed by atoms with Crippen LogP contribution in [0.2, 0.25) is 0 Å². The lowest BCUT2D eigenvalue weighted by Crippen LogP contribution is -2.43. The molecule has 4 heterocycles. The molecule has 0 saturated carbocycles. The molecule has 31 heavy (non-hydrogen) atoms. The number of fused-ring (bicyclic) bond motifs is 1. The van der Waals surface area contributed by atoms with Crippen LogP contribution in [-0.4, -0.2) is 71.3 Å². The standard InChI is InChI=1S/C20H28N4O5S.ClH/c1-13(2)17-18-15(24(20(17)26)30(3,27)28)7-10-23(18)19(25)14-12-29-16(21-14)11-22-8-5-4-6-9-22;/h7,12-13,17-18H,4-6,8-11H2,1-3H3;1H/t17-,18+;/m0./s1. The number of nitrogens with zero attached hydrogens (tertiary/aromatic N) is 4. The monoisotopic (exact) mass is 472 g/mol. The van der Waals surface area contributed by atoms with Crippen LogP contribution in [0.15, 0.2) is 22.5 Å². The first-order chi connectivity index (χ1) is 14.2. The Balaban J connectivity index is 0.00000272. The molecule has 3 aliphatic heterocycles. The van der Waals surface area contributed by atoms with E-state index >= 15 is 0 Å². The Labute approximate surface area is 188 Å². The van der Waals surface area contributed by atoms with Gasteiger partial charge in [-0.1, -0.05) is 20.3 Å². The normalized spacial score (nSPS) is 24.4. The van der Waals surface area contributed by atoms with E-state index < -0.39 is 27.9 Å². The molecule has 3 aliphatic rings. The van der Waals surface area contributed by atoms with Gasteiger partial charge in [0.25, 0.3) is 5.91 Å². The summed E-state index contributed by atoms with van der Waals surface area (Å²) in [6.07, 6.45) is 7.56. The zero-order valence-electron chi connectivity index (χ0n) is 18.0. The van der Waals surface area contributed by atoms with Crippen molar-refractivity contribution >= 4 is 34.2 Å². The van der Waals surface area contributed by atoms with Crippen molar-refractivity contribution in [3.63, 3.8) is 0 Å². The molecule has 0 spiro atoms. The first-order valence-corrected chi connectivity index (χ1v) is 12.2. The number of hydrogen-bond acceptors (Lipinski definition) is 7. The molecule has 4 rings (SSSR count). The maximum Gasteiger partial charge on any atom is 0.276 e. The molecule has 0 unspecified atom stereocenters. The molecule has 0 radical (unpaired) electrons. The van der Waals surface area contributed by atoms with Gasteiger partial charge in [0.15, 0.2) is 5.69 Å². The van der Waals surface area contributed by atoms with Crippen LogP contribution < -0.4 is 0 Å². The third kappa shape index (κ3) is 4.38. The van der Waals surface area contributed by atoms with Crippen LogP contribution >= 0.6 is 12.4 Å². The van der Waals surface area contributed by atoms with Gasteiger partial charge in [0.05, 0.1) is 30.5 Å². The van der Waals surface area contributed by atoms with Crippen molar-refractivity contribution in [2.45, 2.75) is 45.7 Å². The fourth-order valence-corrected chi connectivity index (χ4v) is 5.73. The van der Waals surface area contributed by atoms with Crippen molar-refractivity contribution < 1.29 is 22.4 Å². The topological polar surface area (TPSA) is 104 Å². The quantitative estimate of drug-likeness (QED) is 0.644. The molecule has 1 aromatic heterocycles. The van der Waals surface area contributed by atoms with E-state index in [-0.39, 0.29) is 36.5 Å². The first kappa shape index (κ1) is 23.7. The van der Waals surface area contributed by atoms with Gasteiger partial charge in [-0.15, -0.1) is 12.4 Å². The highest BCUT2D eigenvalue weighted by Gasteiger charge is 2.55. The number of sulfonamides is 1.